The lowest BCUT2D eigenvalue weighted by Crippen LogP contribution is -2.14. The number of halogens is 1. The van der Waals surface area contributed by atoms with Gasteiger partial charge in [-0.15, -0.1) is 5.10 Å². The first kappa shape index (κ1) is 20.8. The monoisotopic (exact) mass is 435 g/mol. The van der Waals surface area contributed by atoms with Gasteiger partial charge in [-0.05, 0) is 48.9 Å². The topological polar surface area (TPSA) is 111 Å². The summed E-state index contributed by atoms with van der Waals surface area (Å²) in [6, 6.07) is 12.9. The number of carbonyl (C=O) groups excluding carboxylic acids is 1. The van der Waals surface area contributed by atoms with Crippen LogP contribution in [0.5, 0.6) is 5.75 Å². The van der Waals surface area contributed by atoms with Crippen LogP contribution in [-0.4, -0.2) is 37.4 Å². The molecule has 0 unspecified atom stereocenters. The normalized spacial score (nSPS) is 11.2. The Bertz CT molecular complexity index is 1100. The number of benzene rings is 2. The highest BCUT2D eigenvalue weighted by molar-refractivity contribution is 7.91. The van der Waals surface area contributed by atoms with Crippen LogP contribution in [0, 0.1) is 0 Å². The first-order valence-corrected chi connectivity index (χ1v) is 10.7. The Kier molecular flexibility index (Phi) is 6.50. The molecule has 0 spiro atoms. The zero-order valence-electron chi connectivity index (χ0n) is 15.5. The van der Waals surface area contributed by atoms with Crippen molar-refractivity contribution in [3.8, 4) is 17.2 Å². The molecule has 29 heavy (non-hydrogen) atoms. The van der Waals surface area contributed by atoms with Gasteiger partial charge in [0, 0.05) is 17.0 Å². The predicted molar refractivity (Wildman–Crippen MR) is 108 cm³/mol. The molecular formula is C19H18ClN3O5S. The Morgan fingerprint density at radius 1 is 1.17 bits per heavy atom. The Balaban J connectivity index is 1.52. The number of anilines is 1. The maximum Gasteiger partial charge on any atom is 0.322 e. The fourth-order valence-corrected chi connectivity index (χ4v) is 4.02. The largest absolute Gasteiger partial charge is 0.497 e. The summed E-state index contributed by atoms with van der Waals surface area (Å²) in [5, 5.41) is 10.6. The molecule has 0 radical (unpaired) electrons. The molecule has 1 aromatic heterocycles. The van der Waals surface area contributed by atoms with E-state index >= 15 is 0 Å². The molecule has 0 saturated heterocycles. The summed E-state index contributed by atoms with van der Waals surface area (Å²) in [5.74, 6) is 0.200. The number of carbonyl (C=O) groups is 1. The van der Waals surface area contributed by atoms with Gasteiger partial charge in [0.1, 0.15) is 5.75 Å². The van der Waals surface area contributed by atoms with E-state index in [1.807, 2.05) is 0 Å². The molecule has 1 heterocycles. The molecule has 2 aromatic carbocycles. The van der Waals surface area contributed by atoms with Crippen molar-refractivity contribution < 1.29 is 22.4 Å². The number of aromatic nitrogens is 2. The van der Waals surface area contributed by atoms with Crippen molar-refractivity contribution >= 4 is 33.4 Å². The van der Waals surface area contributed by atoms with Crippen molar-refractivity contribution in [3.05, 3.63) is 53.6 Å². The molecule has 0 saturated carbocycles. The van der Waals surface area contributed by atoms with Gasteiger partial charge in [-0.25, -0.2) is 8.42 Å². The van der Waals surface area contributed by atoms with E-state index in [-0.39, 0.29) is 35.4 Å². The smallest absolute Gasteiger partial charge is 0.322 e. The summed E-state index contributed by atoms with van der Waals surface area (Å²) in [6.45, 7) is 0. The van der Waals surface area contributed by atoms with Crippen molar-refractivity contribution in [1.82, 2.24) is 10.2 Å². The average molecular weight is 436 g/mol. The summed E-state index contributed by atoms with van der Waals surface area (Å²) in [5.41, 5.74) is 0.621. The highest BCUT2D eigenvalue weighted by Gasteiger charge is 2.16. The SMILES string of the molecule is COc1ccc(S(=O)(=O)CCCC(=O)Nc2nnc(-c3cccc(Cl)c3)o2)cc1. The molecule has 1 amide bonds. The molecule has 1 N–H and O–H groups in total. The number of nitrogens with zero attached hydrogens (tertiary/aromatic N) is 2. The van der Waals surface area contributed by atoms with E-state index < -0.39 is 15.7 Å². The number of hydrogen-bond acceptors (Lipinski definition) is 7. The first-order chi connectivity index (χ1) is 13.9. The second kappa shape index (κ2) is 9.06. The maximum atomic E-state index is 12.3. The number of methoxy groups -OCH3 is 1. The van der Waals surface area contributed by atoms with Crippen LogP contribution in [0.25, 0.3) is 11.5 Å². The van der Waals surface area contributed by atoms with E-state index in [0.29, 0.717) is 16.3 Å². The number of sulfone groups is 1. The lowest BCUT2D eigenvalue weighted by molar-refractivity contribution is -0.116. The van der Waals surface area contributed by atoms with Crippen molar-refractivity contribution in [1.29, 1.82) is 0 Å². The third kappa shape index (κ3) is 5.55. The Hall–Kier alpha value is -2.91. The zero-order valence-corrected chi connectivity index (χ0v) is 17.0. The molecule has 152 valence electrons. The second-order valence-electron chi connectivity index (χ2n) is 6.07. The maximum absolute atomic E-state index is 12.3. The minimum atomic E-state index is -3.49. The number of ether oxygens (including phenoxy) is 1. The summed E-state index contributed by atoms with van der Waals surface area (Å²) < 4.78 is 35.1. The minimum absolute atomic E-state index is 0.00966. The first-order valence-electron chi connectivity index (χ1n) is 8.63. The van der Waals surface area contributed by atoms with Gasteiger partial charge in [-0.1, -0.05) is 22.8 Å². The van der Waals surface area contributed by atoms with E-state index in [2.05, 4.69) is 15.5 Å². The fraction of sp³-hybridized carbons (Fsp3) is 0.211. The second-order valence-corrected chi connectivity index (χ2v) is 8.61. The van der Waals surface area contributed by atoms with E-state index in [4.69, 9.17) is 20.8 Å². The molecule has 0 atom stereocenters. The summed E-state index contributed by atoms with van der Waals surface area (Å²) in [4.78, 5) is 12.2. The van der Waals surface area contributed by atoms with Crippen LogP contribution in [0.4, 0.5) is 6.01 Å². The predicted octanol–water partition coefficient (Wildman–Crippen LogP) is 3.59. The molecule has 0 bridgehead atoms. The van der Waals surface area contributed by atoms with Crippen molar-refractivity contribution in [2.45, 2.75) is 17.7 Å². The van der Waals surface area contributed by atoms with Crippen LogP contribution in [0.2, 0.25) is 5.02 Å². The minimum Gasteiger partial charge on any atom is -0.497 e. The van der Waals surface area contributed by atoms with Gasteiger partial charge < -0.3 is 9.15 Å². The van der Waals surface area contributed by atoms with Crippen LogP contribution in [-0.2, 0) is 14.6 Å². The molecular weight excluding hydrogens is 418 g/mol. The van der Waals surface area contributed by atoms with Crippen molar-refractivity contribution in [2.24, 2.45) is 0 Å². The zero-order chi connectivity index (χ0) is 20.9. The molecule has 0 aliphatic rings. The summed E-state index contributed by atoms with van der Waals surface area (Å²) >= 11 is 5.92. The van der Waals surface area contributed by atoms with Crippen LogP contribution in [0.1, 0.15) is 12.8 Å². The van der Waals surface area contributed by atoms with Gasteiger partial charge in [0.2, 0.25) is 11.8 Å². The molecule has 0 fully saturated rings. The Labute approximate surface area is 172 Å². The van der Waals surface area contributed by atoms with Gasteiger partial charge in [-0.3, -0.25) is 10.1 Å². The van der Waals surface area contributed by atoms with Gasteiger partial charge in [0.15, 0.2) is 9.84 Å². The Morgan fingerprint density at radius 2 is 1.93 bits per heavy atom. The summed E-state index contributed by atoms with van der Waals surface area (Å²) in [7, 11) is -1.99. The molecule has 3 aromatic rings. The lowest BCUT2D eigenvalue weighted by Gasteiger charge is -2.05. The standard InChI is InChI=1S/C19H18ClN3O5S/c1-27-15-7-9-16(10-8-15)29(25,26)11-3-6-17(24)21-19-23-22-18(28-19)13-4-2-5-14(20)12-13/h2,4-5,7-10,12H,3,6,11H2,1H3,(H,21,23,24). The van der Waals surface area contributed by atoms with Gasteiger partial charge >= 0.3 is 6.01 Å². The van der Waals surface area contributed by atoms with Crippen LogP contribution >= 0.6 is 11.6 Å². The summed E-state index contributed by atoms with van der Waals surface area (Å²) in [6.07, 6.45) is 0.139. The van der Waals surface area contributed by atoms with E-state index in [9.17, 15) is 13.2 Å². The number of hydrogen-bond donors (Lipinski definition) is 1. The van der Waals surface area contributed by atoms with Crippen molar-refractivity contribution in [2.75, 3.05) is 18.2 Å². The van der Waals surface area contributed by atoms with Crippen LogP contribution in [0.15, 0.2) is 57.8 Å². The van der Waals surface area contributed by atoms with Gasteiger partial charge in [0.05, 0.1) is 17.8 Å². The van der Waals surface area contributed by atoms with E-state index in [1.54, 1.807) is 36.4 Å². The average Bonchev–Trinajstić information content (AvgIpc) is 3.16. The molecule has 8 nitrogen and oxygen atoms in total. The highest BCUT2D eigenvalue weighted by atomic mass is 35.5. The molecule has 10 heteroatoms. The van der Waals surface area contributed by atoms with Gasteiger partial charge in [0.25, 0.3) is 0 Å². The number of nitrogens with one attached hydrogen (secondary N) is 1. The fourth-order valence-electron chi connectivity index (χ4n) is 2.52. The van der Waals surface area contributed by atoms with E-state index in [0.717, 1.165) is 0 Å². The van der Waals surface area contributed by atoms with E-state index in [1.165, 1.54) is 19.2 Å². The van der Waals surface area contributed by atoms with Gasteiger partial charge in [-0.2, -0.15) is 0 Å². The quantitative estimate of drug-likeness (QED) is 0.575. The van der Waals surface area contributed by atoms with Crippen LogP contribution in [0.3, 0.4) is 0 Å². The lowest BCUT2D eigenvalue weighted by atomic mass is 10.2. The third-order valence-corrected chi connectivity index (χ3v) is 6.03. The van der Waals surface area contributed by atoms with Crippen LogP contribution < -0.4 is 10.1 Å². The third-order valence-electron chi connectivity index (χ3n) is 3.98. The Morgan fingerprint density at radius 3 is 2.62 bits per heavy atom. The molecule has 0 aliphatic carbocycles. The number of rotatable bonds is 8. The highest BCUT2D eigenvalue weighted by Crippen LogP contribution is 2.23. The number of amides is 1. The molecule has 0 aliphatic heterocycles. The molecule has 3 rings (SSSR count). The van der Waals surface area contributed by atoms with Crippen molar-refractivity contribution in [3.63, 3.8) is 0 Å².